The molecule has 1 aliphatic heterocycles. The van der Waals surface area contributed by atoms with Gasteiger partial charge in [0, 0.05) is 26.7 Å². The molecular formula is C18H27IN4. The topological polar surface area (TPSA) is 51.4 Å². The normalized spacial score (nSPS) is 17.8. The van der Waals surface area contributed by atoms with E-state index in [4.69, 9.17) is 5.26 Å². The van der Waals surface area contributed by atoms with Crippen LogP contribution in [0.3, 0.4) is 0 Å². The van der Waals surface area contributed by atoms with Gasteiger partial charge < -0.3 is 10.2 Å². The maximum absolute atomic E-state index is 8.82. The molecule has 0 aliphatic carbocycles. The van der Waals surface area contributed by atoms with Crippen molar-refractivity contribution in [1.82, 2.24) is 10.2 Å². The van der Waals surface area contributed by atoms with E-state index in [-0.39, 0.29) is 24.0 Å². The maximum atomic E-state index is 8.82. The number of aliphatic imine (C=N–C) groups is 1. The highest BCUT2D eigenvalue weighted by Gasteiger charge is 2.25. The Balaban J connectivity index is 0.00000264. The maximum Gasteiger partial charge on any atom is 0.193 e. The van der Waals surface area contributed by atoms with Crippen LogP contribution in [0.5, 0.6) is 0 Å². The van der Waals surface area contributed by atoms with E-state index in [0.717, 1.165) is 43.0 Å². The molecule has 1 aromatic rings. The molecule has 1 atom stereocenters. The van der Waals surface area contributed by atoms with Gasteiger partial charge in [-0.3, -0.25) is 4.99 Å². The molecular weight excluding hydrogens is 399 g/mol. The molecule has 1 N–H and O–H groups in total. The van der Waals surface area contributed by atoms with Crippen molar-refractivity contribution in [2.45, 2.75) is 33.2 Å². The highest BCUT2D eigenvalue weighted by atomic mass is 127. The summed E-state index contributed by atoms with van der Waals surface area (Å²) in [6, 6.07) is 9.83. The first-order chi connectivity index (χ1) is 10.6. The lowest BCUT2D eigenvalue weighted by Crippen LogP contribution is -2.39. The molecule has 126 valence electrons. The van der Waals surface area contributed by atoms with Crippen LogP contribution < -0.4 is 5.32 Å². The fourth-order valence-electron chi connectivity index (χ4n) is 3.09. The van der Waals surface area contributed by atoms with Gasteiger partial charge in [-0.1, -0.05) is 26.0 Å². The van der Waals surface area contributed by atoms with Gasteiger partial charge in [-0.05, 0) is 42.4 Å². The summed E-state index contributed by atoms with van der Waals surface area (Å²) in [5.74, 6) is 2.53. The first-order valence-corrected chi connectivity index (χ1v) is 8.07. The van der Waals surface area contributed by atoms with Gasteiger partial charge in [-0.15, -0.1) is 24.0 Å². The smallest absolute Gasteiger partial charge is 0.193 e. The van der Waals surface area contributed by atoms with Gasteiger partial charge in [-0.25, -0.2) is 0 Å². The number of nitrogens with one attached hydrogen (secondary N) is 1. The summed E-state index contributed by atoms with van der Waals surface area (Å²) in [6.45, 7) is 7.51. The van der Waals surface area contributed by atoms with E-state index < -0.39 is 0 Å². The predicted molar refractivity (Wildman–Crippen MR) is 106 cm³/mol. The summed E-state index contributed by atoms with van der Waals surface area (Å²) in [4.78, 5) is 6.77. The molecule has 1 fully saturated rings. The van der Waals surface area contributed by atoms with Crippen molar-refractivity contribution >= 4 is 29.9 Å². The van der Waals surface area contributed by atoms with E-state index in [0.29, 0.717) is 5.56 Å². The summed E-state index contributed by atoms with van der Waals surface area (Å²) in [6.07, 6.45) is 2.55. The zero-order chi connectivity index (χ0) is 15.9. The minimum atomic E-state index is 0. The van der Waals surface area contributed by atoms with Gasteiger partial charge in [0.15, 0.2) is 5.96 Å². The number of likely N-dealkylation sites (tertiary alicyclic amines) is 1. The minimum absolute atomic E-state index is 0. The summed E-state index contributed by atoms with van der Waals surface area (Å²) in [7, 11) is 1.84. The molecule has 0 amide bonds. The van der Waals surface area contributed by atoms with Crippen LogP contribution >= 0.6 is 24.0 Å². The van der Waals surface area contributed by atoms with Crippen molar-refractivity contribution in [3.63, 3.8) is 0 Å². The quantitative estimate of drug-likeness (QED) is 0.455. The average Bonchev–Trinajstić information content (AvgIpc) is 2.96. The Labute approximate surface area is 157 Å². The summed E-state index contributed by atoms with van der Waals surface area (Å²) in [5, 5.41) is 12.3. The lowest BCUT2D eigenvalue weighted by molar-refractivity contribution is 0.403. The van der Waals surface area contributed by atoms with E-state index >= 15 is 0 Å². The Morgan fingerprint density at radius 2 is 2.09 bits per heavy atom. The van der Waals surface area contributed by atoms with Gasteiger partial charge in [0.2, 0.25) is 0 Å². The monoisotopic (exact) mass is 426 g/mol. The van der Waals surface area contributed by atoms with Gasteiger partial charge in [0.05, 0.1) is 11.6 Å². The number of nitriles is 1. The van der Waals surface area contributed by atoms with E-state index in [1.54, 1.807) is 0 Å². The number of nitrogens with zero attached hydrogens (tertiary/aromatic N) is 3. The van der Waals surface area contributed by atoms with E-state index in [9.17, 15) is 0 Å². The Bertz CT molecular complexity index is 545. The van der Waals surface area contributed by atoms with Gasteiger partial charge in [0.1, 0.15) is 0 Å². The van der Waals surface area contributed by atoms with E-state index in [2.05, 4.69) is 35.1 Å². The lowest BCUT2D eigenvalue weighted by Gasteiger charge is -2.22. The summed E-state index contributed by atoms with van der Waals surface area (Å²) >= 11 is 0. The molecule has 0 saturated carbocycles. The first-order valence-electron chi connectivity index (χ1n) is 8.07. The molecule has 1 unspecified atom stereocenters. The molecule has 1 aliphatic rings. The molecule has 4 nitrogen and oxygen atoms in total. The Hall–Kier alpha value is -1.29. The Morgan fingerprint density at radius 1 is 1.39 bits per heavy atom. The second kappa shape index (κ2) is 9.76. The van der Waals surface area contributed by atoms with Crippen LogP contribution in [0.2, 0.25) is 0 Å². The summed E-state index contributed by atoms with van der Waals surface area (Å²) in [5.41, 5.74) is 1.86. The molecule has 2 rings (SSSR count). The zero-order valence-electron chi connectivity index (χ0n) is 14.2. The minimum Gasteiger partial charge on any atom is -0.352 e. The predicted octanol–water partition coefficient (Wildman–Crippen LogP) is 3.62. The van der Waals surface area contributed by atoms with Gasteiger partial charge in [0.25, 0.3) is 0 Å². The Kier molecular flexibility index (Phi) is 8.38. The van der Waals surface area contributed by atoms with Crippen LogP contribution in [0.15, 0.2) is 29.3 Å². The highest BCUT2D eigenvalue weighted by molar-refractivity contribution is 14.0. The van der Waals surface area contributed by atoms with E-state index in [1.165, 1.54) is 12.8 Å². The summed E-state index contributed by atoms with van der Waals surface area (Å²) < 4.78 is 0. The van der Waals surface area contributed by atoms with Crippen molar-refractivity contribution in [1.29, 1.82) is 5.26 Å². The third kappa shape index (κ3) is 6.02. The molecule has 0 bridgehead atoms. The third-order valence-electron chi connectivity index (χ3n) is 4.14. The standard InChI is InChI=1S/C18H26N4.HI/c1-14(2)10-17-8-9-22(13-17)18(20-3)21-12-16-6-4-15(11-19)5-7-16;/h4-7,14,17H,8-10,12-13H2,1-3H3,(H,20,21);1H. The van der Waals surface area contributed by atoms with Crippen molar-refractivity contribution in [2.75, 3.05) is 20.1 Å². The molecule has 0 spiro atoms. The average molecular weight is 426 g/mol. The molecule has 1 saturated heterocycles. The molecule has 1 aromatic carbocycles. The number of rotatable bonds is 4. The number of halogens is 1. The second-order valence-corrected chi connectivity index (χ2v) is 6.44. The SMILES string of the molecule is CN=C(NCc1ccc(C#N)cc1)N1CCC(CC(C)C)C1.I. The van der Waals surface area contributed by atoms with Gasteiger partial charge in [-0.2, -0.15) is 5.26 Å². The number of hydrogen-bond acceptors (Lipinski definition) is 2. The molecule has 0 radical (unpaired) electrons. The van der Waals surface area contributed by atoms with Crippen LogP contribution in [0.4, 0.5) is 0 Å². The van der Waals surface area contributed by atoms with Gasteiger partial charge >= 0.3 is 0 Å². The zero-order valence-corrected chi connectivity index (χ0v) is 16.6. The van der Waals surface area contributed by atoms with E-state index in [1.807, 2.05) is 31.3 Å². The molecule has 1 heterocycles. The van der Waals surface area contributed by atoms with Crippen molar-refractivity contribution in [3.05, 3.63) is 35.4 Å². The lowest BCUT2D eigenvalue weighted by atomic mass is 9.97. The second-order valence-electron chi connectivity index (χ2n) is 6.44. The van der Waals surface area contributed by atoms with Crippen molar-refractivity contribution in [2.24, 2.45) is 16.8 Å². The van der Waals surface area contributed by atoms with Crippen LogP contribution in [-0.4, -0.2) is 31.0 Å². The van der Waals surface area contributed by atoms with Crippen LogP contribution in [0.1, 0.15) is 37.8 Å². The molecule has 0 aromatic heterocycles. The van der Waals surface area contributed by atoms with Crippen LogP contribution in [0.25, 0.3) is 0 Å². The third-order valence-corrected chi connectivity index (χ3v) is 4.14. The largest absolute Gasteiger partial charge is 0.352 e. The van der Waals surface area contributed by atoms with Crippen LogP contribution in [-0.2, 0) is 6.54 Å². The van der Waals surface area contributed by atoms with Crippen molar-refractivity contribution < 1.29 is 0 Å². The molecule has 23 heavy (non-hydrogen) atoms. The fourth-order valence-corrected chi connectivity index (χ4v) is 3.09. The number of benzene rings is 1. The fraction of sp³-hybridized carbons (Fsp3) is 0.556. The molecule has 5 heteroatoms. The first kappa shape index (κ1) is 19.8. The Morgan fingerprint density at radius 3 is 2.65 bits per heavy atom. The number of guanidine groups is 1. The van der Waals surface area contributed by atoms with Crippen LogP contribution in [0, 0.1) is 23.2 Å². The highest BCUT2D eigenvalue weighted by Crippen LogP contribution is 2.23. The van der Waals surface area contributed by atoms with Crippen molar-refractivity contribution in [3.8, 4) is 6.07 Å². The number of hydrogen-bond donors (Lipinski definition) is 1.